The fourth-order valence-corrected chi connectivity index (χ4v) is 1.98. The average Bonchev–Trinajstić information content (AvgIpc) is 2.26. The topological polar surface area (TPSA) is 32.3 Å². The number of amides is 1. The molecular weight excluding hydrogens is 176 g/mol. The molecule has 1 unspecified atom stereocenters. The van der Waals surface area contributed by atoms with Crippen molar-refractivity contribution < 1.29 is 4.79 Å². The third-order valence-corrected chi connectivity index (χ3v) is 2.89. The first-order valence-electron chi connectivity index (χ1n) is 5.79. The summed E-state index contributed by atoms with van der Waals surface area (Å²) in [6.07, 6.45) is 4.42. The van der Waals surface area contributed by atoms with E-state index in [1.807, 2.05) is 11.8 Å². The summed E-state index contributed by atoms with van der Waals surface area (Å²) in [5.41, 5.74) is 0. The van der Waals surface area contributed by atoms with E-state index in [9.17, 15) is 4.79 Å². The molecule has 0 bridgehead atoms. The first kappa shape index (κ1) is 11.5. The zero-order valence-electron chi connectivity index (χ0n) is 9.38. The van der Waals surface area contributed by atoms with Gasteiger partial charge in [0, 0.05) is 25.6 Å². The quantitative estimate of drug-likeness (QED) is 0.740. The maximum Gasteiger partial charge on any atom is 0.222 e. The lowest BCUT2D eigenvalue weighted by Crippen LogP contribution is -2.45. The Labute approximate surface area is 86.9 Å². The van der Waals surface area contributed by atoms with Gasteiger partial charge in [0.15, 0.2) is 0 Å². The molecule has 1 aliphatic rings. The summed E-state index contributed by atoms with van der Waals surface area (Å²) in [4.78, 5) is 13.5. The van der Waals surface area contributed by atoms with Gasteiger partial charge in [-0.05, 0) is 26.3 Å². The van der Waals surface area contributed by atoms with Crippen molar-refractivity contribution in [2.24, 2.45) is 0 Å². The molecule has 1 saturated heterocycles. The van der Waals surface area contributed by atoms with Gasteiger partial charge in [0.1, 0.15) is 0 Å². The van der Waals surface area contributed by atoms with Crippen LogP contribution in [0.25, 0.3) is 0 Å². The third kappa shape index (κ3) is 3.29. The van der Waals surface area contributed by atoms with Crippen LogP contribution in [0.4, 0.5) is 0 Å². The molecule has 1 heterocycles. The number of rotatable bonds is 4. The predicted molar refractivity (Wildman–Crippen MR) is 58.2 cm³/mol. The Hall–Kier alpha value is -0.570. The van der Waals surface area contributed by atoms with Crippen LogP contribution in [0.1, 0.15) is 39.5 Å². The van der Waals surface area contributed by atoms with Crippen LogP contribution in [-0.4, -0.2) is 36.5 Å². The molecule has 0 aromatic heterocycles. The molecule has 1 fully saturated rings. The zero-order valence-corrected chi connectivity index (χ0v) is 9.38. The highest BCUT2D eigenvalue weighted by atomic mass is 16.2. The monoisotopic (exact) mass is 198 g/mol. The molecule has 1 N–H and O–H groups in total. The van der Waals surface area contributed by atoms with E-state index in [1.165, 1.54) is 19.3 Å². The van der Waals surface area contributed by atoms with E-state index < -0.39 is 0 Å². The number of carbonyl (C=O) groups is 1. The number of hydrogen-bond donors (Lipinski definition) is 1. The van der Waals surface area contributed by atoms with Gasteiger partial charge in [-0.3, -0.25) is 4.79 Å². The first-order chi connectivity index (χ1) is 6.77. The summed E-state index contributed by atoms with van der Waals surface area (Å²) in [6.45, 7) is 6.83. The van der Waals surface area contributed by atoms with Gasteiger partial charge in [-0.2, -0.15) is 0 Å². The summed E-state index contributed by atoms with van der Waals surface area (Å²) in [5.74, 6) is 0.278. The molecule has 14 heavy (non-hydrogen) atoms. The lowest BCUT2D eigenvalue weighted by molar-refractivity contribution is -0.131. The Bertz CT molecular complexity index is 176. The van der Waals surface area contributed by atoms with Crippen LogP contribution in [0.3, 0.4) is 0 Å². The molecule has 1 atom stereocenters. The highest BCUT2D eigenvalue weighted by Gasteiger charge is 2.17. The molecule has 1 aliphatic heterocycles. The van der Waals surface area contributed by atoms with Crippen LogP contribution in [0.2, 0.25) is 0 Å². The van der Waals surface area contributed by atoms with Crippen LogP contribution in [0, 0.1) is 0 Å². The van der Waals surface area contributed by atoms with Crippen molar-refractivity contribution in [3.05, 3.63) is 0 Å². The van der Waals surface area contributed by atoms with Crippen LogP contribution < -0.4 is 5.32 Å². The molecule has 3 nitrogen and oxygen atoms in total. The zero-order chi connectivity index (χ0) is 10.4. The van der Waals surface area contributed by atoms with Crippen molar-refractivity contribution in [3.8, 4) is 0 Å². The van der Waals surface area contributed by atoms with Crippen LogP contribution in [-0.2, 0) is 4.79 Å². The maximum absolute atomic E-state index is 11.5. The molecular formula is C11H22N2O. The smallest absolute Gasteiger partial charge is 0.222 e. The minimum absolute atomic E-state index is 0.278. The highest BCUT2D eigenvalue weighted by molar-refractivity contribution is 5.75. The summed E-state index contributed by atoms with van der Waals surface area (Å²) >= 11 is 0. The van der Waals surface area contributed by atoms with Gasteiger partial charge in [0.25, 0.3) is 0 Å². The number of nitrogens with one attached hydrogen (secondary N) is 1. The Balaban J connectivity index is 2.34. The maximum atomic E-state index is 11.5. The lowest BCUT2D eigenvalue weighted by atomic mass is 10.0. The molecule has 0 aromatic rings. The van der Waals surface area contributed by atoms with Gasteiger partial charge in [0.2, 0.25) is 5.91 Å². The van der Waals surface area contributed by atoms with E-state index in [1.54, 1.807) is 0 Å². The van der Waals surface area contributed by atoms with Crippen molar-refractivity contribution in [3.63, 3.8) is 0 Å². The van der Waals surface area contributed by atoms with Gasteiger partial charge in [0.05, 0.1) is 0 Å². The number of nitrogens with zero attached hydrogens (tertiary/aromatic N) is 1. The Morgan fingerprint density at radius 2 is 2.21 bits per heavy atom. The van der Waals surface area contributed by atoms with Crippen LogP contribution >= 0.6 is 0 Å². The molecule has 0 spiro atoms. The molecule has 0 radical (unpaired) electrons. The number of likely N-dealkylation sites (N-methyl/N-ethyl adjacent to an activating group) is 1. The Morgan fingerprint density at radius 3 is 2.71 bits per heavy atom. The first-order valence-corrected chi connectivity index (χ1v) is 5.79. The fourth-order valence-electron chi connectivity index (χ4n) is 1.98. The van der Waals surface area contributed by atoms with Crippen molar-refractivity contribution in [1.29, 1.82) is 0 Å². The second-order valence-corrected chi connectivity index (χ2v) is 3.93. The van der Waals surface area contributed by atoms with Gasteiger partial charge < -0.3 is 10.2 Å². The largest absolute Gasteiger partial charge is 0.341 e. The Kier molecular flexibility index (Phi) is 4.94. The van der Waals surface area contributed by atoms with E-state index in [-0.39, 0.29) is 5.91 Å². The molecule has 1 rings (SSSR count). The lowest BCUT2D eigenvalue weighted by Gasteiger charge is -2.29. The van der Waals surface area contributed by atoms with Gasteiger partial charge in [-0.25, -0.2) is 0 Å². The molecule has 0 aliphatic carbocycles. The van der Waals surface area contributed by atoms with E-state index >= 15 is 0 Å². The standard InChI is InChI=1S/C11H22N2O/c1-3-11(14)13(4-2)9-10-7-5-6-8-12-10/h10,12H,3-9H2,1-2H3. The van der Waals surface area contributed by atoms with Gasteiger partial charge in [-0.1, -0.05) is 13.3 Å². The van der Waals surface area contributed by atoms with Gasteiger partial charge >= 0.3 is 0 Å². The highest BCUT2D eigenvalue weighted by Crippen LogP contribution is 2.08. The van der Waals surface area contributed by atoms with E-state index in [4.69, 9.17) is 0 Å². The minimum atomic E-state index is 0.278. The summed E-state index contributed by atoms with van der Waals surface area (Å²) in [7, 11) is 0. The minimum Gasteiger partial charge on any atom is -0.341 e. The predicted octanol–water partition coefficient (Wildman–Crippen LogP) is 1.39. The SMILES string of the molecule is CCC(=O)N(CC)CC1CCCCN1. The molecule has 0 saturated carbocycles. The van der Waals surface area contributed by atoms with Gasteiger partial charge in [-0.15, -0.1) is 0 Å². The van der Waals surface area contributed by atoms with Crippen LogP contribution in [0.5, 0.6) is 0 Å². The molecule has 1 amide bonds. The van der Waals surface area contributed by atoms with Crippen molar-refractivity contribution >= 4 is 5.91 Å². The van der Waals surface area contributed by atoms with E-state index in [2.05, 4.69) is 12.2 Å². The normalized spacial score (nSPS) is 22.0. The second kappa shape index (κ2) is 6.02. The van der Waals surface area contributed by atoms with Crippen molar-refractivity contribution in [1.82, 2.24) is 10.2 Å². The van der Waals surface area contributed by atoms with Crippen molar-refractivity contribution in [2.75, 3.05) is 19.6 Å². The number of hydrogen-bond acceptors (Lipinski definition) is 2. The second-order valence-electron chi connectivity index (χ2n) is 3.93. The van der Waals surface area contributed by atoms with E-state index in [0.717, 1.165) is 19.6 Å². The fraction of sp³-hybridized carbons (Fsp3) is 0.909. The summed E-state index contributed by atoms with van der Waals surface area (Å²) in [5, 5.41) is 3.47. The number of piperidine rings is 1. The average molecular weight is 198 g/mol. The summed E-state index contributed by atoms with van der Waals surface area (Å²) in [6, 6.07) is 0.527. The van der Waals surface area contributed by atoms with Crippen LogP contribution in [0.15, 0.2) is 0 Å². The molecule has 82 valence electrons. The Morgan fingerprint density at radius 1 is 1.43 bits per heavy atom. The van der Waals surface area contributed by atoms with E-state index in [0.29, 0.717) is 12.5 Å². The van der Waals surface area contributed by atoms with Crippen molar-refractivity contribution in [2.45, 2.75) is 45.6 Å². The molecule has 0 aromatic carbocycles. The third-order valence-electron chi connectivity index (χ3n) is 2.89. The summed E-state index contributed by atoms with van der Waals surface area (Å²) < 4.78 is 0. The molecule has 3 heteroatoms. The number of carbonyl (C=O) groups excluding carboxylic acids is 1.